The van der Waals surface area contributed by atoms with Crippen LogP contribution in [0.1, 0.15) is 102 Å². The van der Waals surface area contributed by atoms with E-state index in [2.05, 4.69) is 29.4 Å². The molecule has 16 heteroatoms. The summed E-state index contributed by atoms with van der Waals surface area (Å²) >= 11 is 0. The number of amides is 6. The van der Waals surface area contributed by atoms with E-state index < -0.39 is 46.9 Å². The number of hydrogen-bond acceptors (Lipinski definition) is 9. The predicted octanol–water partition coefficient (Wildman–Crippen LogP) is 6.10. The summed E-state index contributed by atoms with van der Waals surface area (Å²) in [7, 11) is 2.43. The van der Waals surface area contributed by atoms with Crippen molar-refractivity contribution in [2.45, 2.75) is 104 Å². The van der Waals surface area contributed by atoms with Crippen LogP contribution in [0.2, 0.25) is 0 Å². The molecule has 346 valence electrons. The summed E-state index contributed by atoms with van der Waals surface area (Å²) in [6, 6.07) is 19.7. The first kappa shape index (κ1) is 48.8. The zero-order valence-corrected chi connectivity index (χ0v) is 38.2. The van der Waals surface area contributed by atoms with Gasteiger partial charge in [0.25, 0.3) is 0 Å². The molecule has 5 rings (SSSR count). The van der Waals surface area contributed by atoms with Crippen LogP contribution in [0.15, 0.2) is 72.8 Å². The molecule has 2 fully saturated rings. The van der Waals surface area contributed by atoms with Gasteiger partial charge in [-0.25, -0.2) is 14.0 Å². The van der Waals surface area contributed by atoms with Crippen LogP contribution in [0.5, 0.6) is 0 Å². The van der Waals surface area contributed by atoms with E-state index in [0.717, 1.165) is 40.8 Å². The molecule has 0 bridgehead atoms. The second-order valence-electron chi connectivity index (χ2n) is 18.7. The Hall–Kier alpha value is -6.19. The topological polar surface area (TPSA) is 207 Å². The lowest BCUT2D eigenvalue weighted by Gasteiger charge is -2.37. The second-order valence-corrected chi connectivity index (χ2v) is 18.7. The average Bonchev–Trinajstić information content (AvgIpc) is 3.82. The van der Waals surface area contributed by atoms with Crippen LogP contribution in [-0.2, 0) is 41.7 Å². The van der Waals surface area contributed by atoms with Crippen LogP contribution in [0.4, 0.5) is 19.7 Å². The lowest BCUT2D eigenvalue weighted by Crippen LogP contribution is -2.56. The first-order chi connectivity index (χ1) is 30.1. The number of nitrogens with two attached hydrogens (primary N) is 2. The number of halogens is 1. The normalized spacial score (nSPS) is 19.6. The van der Waals surface area contributed by atoms with Gasteiger partial charge in [0.2, 0.25) is 23.6 Å². The Morgan fingerprint density at radius 2 is 1.02 bits per heavy atom. The maximum absolute atomic E-state index is 14.2. The lowest BCUT2D eigenvalue weighted by atomic mass is 9.79. The first-order valence-electron chi connectivity index (χ1n) is 21.7. The third-order valence-corrected chi connectivity index (χ3v) is 12.8. The van der Waals surface area contributed by atoms with Crippen molar-refractivity contribution in [3.63, 3.8) is 0 Å². The Morgan fingerprint density at radius 3 is 1.34 bits per heavy atom. The van der Waals surface area contributed by atoms with Gasteiger partial charge in [0.15, 0.2) is 0 Å². The van der Waals surface area contributed by atoms with Gasteiger partial charge < -0.3 is 46.3 Å². The van der Waals surface area contributed by atoms with Gasteiger partial charge in [0.1, 0.15) is 17.9 Å². The lowest BCUT2D eigenvalue weighted by molar-refractivity contribution is -0.139. The van der Waals surface area contributed by atoms with E-state index in [1.54, 1.807) is 49.6 Å². The maximum Gasteiger partial charge on any atom is 0.407 e. The molecular weight excluding hydrogens is 822 g/mol. The third kappa shape index (κ3) is 11.7. The summed E-state index contributed by atoms with van der Waals surface area (Å²) in [6.45, 7) is 12.9. The molecule has 3 aromatic rings. The van der Waals surface area contributed by atoms with Crippen molar-refractivity contribution in [1.29, 1.82) is 0 Å². The summed E-state index contributed by atoms with van der Waals surface area (Å²) in [5.74, 6) is -1.97. The van der Waals surface area contributed by atoms with E-state index in [1.807, 2.05) is 48.5 Å². The number of hydrogen-bond donors (Lipinski definition) is 4. The van der Waals surface area contributed by atoms with Gasteiger partial charge in [-0.05, 0) is 71.2 Å². The van der Waals surface area contributed by atoms with E-state index in [9.17, 15) is 33.2 Å². The number of primary amides is 2. The molecule has 6 N–H and O–H groups in total. The molecule has 2 heterocycles. The quantitative estimate of drug-likeness (QED) is 0.123. The number of ether oxygens (including phenoxy) is 2. The molecule has 3 aromatic carbocycles. The first-order valence-corrected chi connectivity index (χ1v) is 21.7. The van der Waals surface area contributed by atoms with E-state index in [4.69, 9.17) is 20.9 Å². The third-order valence-electron chi connectivity index (χ3n) is 12.8. The van der Waals surface area contributed by atoms with Gasteiger partial charge in [-0.2, -0.15) is 0 Å². The average molecular weight is 886 g/mol. The van der Waals surface area contributed by atoms with Crippen LogP contribution in [0.3, 0.4) is 0 Å². The number of rotatable bonds is 17. The Labute approximate surface area is 375 Å². The van der Waals surface area contributed by atoms with Crippen molar-refractivity contribution in [2.24, 2.45) is 34.1 Å². The fraction of sp³-hybridized carbons (Fsp3) is 0.500. The van der Waals surface area contributed by atoms with Crippen LogP contribution >= 0.6 is 0 Å². The van der Waals surface area contributed by atoms with Crippen molar-refractivity contribution in [3.8, 4) is 0 Å². The smallest absolute Gasteiger partial charge is 0.407 e. The van der Waals surface area contributed by atoms with Crippen molar-refractivity contribution < 1.29 is 42.6 Å². The monoisotopic (exact) mass is 885 g/mol. The summed E-state index contributed by atoms with van der Waals surface area (Å²) in [6.07, 6.45) is -0.324. The minimum absolute atomic E-state index is 0.107. The molecule has 0 aliphatic carbocycles. The minimum atomic E-state index is -1.06. The number of methoxy groups -OCH3 is 2. The summed E-state index contributed by atoms with van der Waals surface area (Å²) < 4.78 is 23.8. The molecule has 0 unspecified atom stereocenters. The number of anilines is 1. The molecule has 15 nitrogen and oxygen atoms in total. The summed E-state index contributed by atoms with van der Waals surface area (Å²) in [4.78, 5) is 82.9. The van der Waals surface area contributed by atoms with Crippen molar-refractivity contribution in [1.82, 2.24) is 20.4 Å². The molecule has 6 atom stereocenters. The van der Waals surface area contributed by atoms with Crippen LogP contribution in [0.25, 0.3) is 0 Å². The van der Waals surface area contributed by atoms with E-state index in [0.29, 0.717) is 26.2 Å². The maximum atomic E-state index is 14.2. The molecule has 0 saturated carbocycles. The molecule has 0 aromatic heterocycles. The Bertz CT molecular complexity index is 2020. The number of nitrogens with zero attached hydrogens (tertiary/aromatic N) is 3. The van der Waals surface area contributed by atoms with Gasteiger partial charge in [-0.3, -0.25) is 19.2 Å². The summed E-state index contributed by atoms with van der Waals surface area (Å²) in [5.41, 5.74) is 13.7. The van der Waals surface area contributed by atoms with E-state index >= 15 is 0 Å². The molecule has 6 amide bonds. The van der Waals surface area contributed by atoms with Crippen LogP contribution < -0.4 is 27.0 Å². The van der Waals surface area contributed by atoms with Crippen LogP contribution in [0, 0.1) is 28.5 Å². The van der Waals surface area contributed by atoms with Crippen molar-refractivity contribution >= 4 is 41.5 Å². The van der Waals surface area contributed by atoms with E-state index in [1.165, 1.54) is 26.4 Å². The molecule has 64 heavy (non-hydrogen) atoms. The number of alkyl carbamates (subject to hydrolysis) is 2. The Kier molecular flexibility index (Phi) is 15.7. The zero-order chi connectivity index (χ0) is 47.1. The molecular formula is C48H64FN7O8. The SMILES string of the molecule is COC(=O)N[C@H](C(=O)N1CC[C@H](C)[C@H]1c1ccc(CN(Cc2ccc([C@@H]3[C@@H](C)CCN3C(=O)[C@@H](NC(=O)OC)C(C)(C)CC(N)=O)cc2)c2ccc(F)cc2)cc1)C(C)(C)CC(N)=O. The number of benzene rings is 3. The molecule has 0 spiro atoms. The van der Waals surface area contributed by atoms with E-state index in [-0.39, 0.29) is 54.4 Å². The number of likely N-dealkylation sites (tertiary alicyclic amines) is 2. The standard InChI is InChI=1S/C48H64FN7O8/c1-29-21-23-55(43(59)41(52-45(61)63-7)47(3,4)25-37(50)57)39(29)33-13-9-31(10-14-33)27-54(36-19-17-35(49)18-20-36)28-32-11-15-34(16-12-32)40-30(2)22-24-56(40)44(60)42(53-46(62)64-8)48(5,6)26-38(51)58/h9-20,29-30,39-42H,21-28H2,1-8H3,(H2,50,57)(H2,51,58)(H,52,61)(H,53,62)/t29-,30-,39-,40-,41+,42+/m0/s1. The second kappa shape index (κ2) is 20.5. The van der Waals surface area contributed by atoms with Gasteiger partial charge >= 0.3 is 12.2 Å². The highest BCUT2D eigenvalue weighted by atomic mass is 19.1. The van der Waals surface area contributed by atoms with Gasteiger partial charge in [0.05, 0.1) is 26.3 Å². The highest BCUT2D eigenvalue weighted by Gasteiger charge is 2.46. The number of nitrogens with one attached hydrogen (secondary N) is 2. The largest absolute Gasteiger partial charge is 0.453 e. The highest BCUT2D eigenvalue weighted by Crippen LogP contribution is 2.41. The fourth-order valence-corrected chi connectivity index (χ4v) is 9.35. The van der Waals surface area contributed by atoms with Crippen LogP contribution in [-0.4, -0.2) is 85.0 Å². The Balaban J connectivity index is 1.37. The molecule has 0 radical (unpaired) electrons. The number of carbonyl (C=O) groups excluding carboxylic acids is 6. The fourth-order valence-electron chi connectivity index (χ4n) is 9.35. The molecule has 2 aliphatic rings. The predicted molar refractivity (Wildman–Crippen MR) is 239 cm³/mol. The highest BCUT2D eigenvalue weighted by molar-refractivity contribution is 5.89. The van der Waals surface area contributed by atoms with Crippen molar-refractivity contribution in [3.05, 3.63) is 101 Å². The zero-order valence-electron chi connectivity index (χ0n) is 38.2. The van der Waals surface area contributed by atoms with Gasteiger partial charge in [0, 0.05) is 55.5 Å². The van der Waals surface area contributed by atoms with Crippen molar-refractivity contribution in [2.75, 3.05) is 32.2 Å². The Morgan fingerprint density at radius 1 is 0.656 bits per heavy atom. The van der Waals surface area contributed by atoms with Gasteiger partial charge in [-0.15, -0.1) is 0 Å². The molecule has 2 saturated heterocycles. The minimum Gasteiger partial charge on any atom is -0.453 e. The summed E-state index contributed by atoms with van der Waals surface area (Å²) in [5, 5.41) is 5.32. The number of carbonyl (C=O) groups is 6. The van der Waals surface area contributed by atoms with Gasteiger partial charge in [-0.1, -0.05) is 90.1 Å². The molecule has 2 aliphatic heterocycles.